The fourth-order valence-electron chi connectivity index (χ4n) is 2.66. The molecule has 2 saturated heterocycles. The van der Waals surface area contributed by atoms with Crippen LogP contribution >= 0.6 is 0 Å². The molecule has 2 N–H and O–H groups in total. The Hall–Kier alpha value is -1.14. The maximum Gasteiger partial charge on any atom is 0.326 e. The summed E-state index contributed by atoms with van der Waals surface area (Å²) in [7, 11) is 0. The van der Waals surface area contributed by atoms with E-state index >= 15 is 0 Å². The lowest BCUT2D eigenvalue weighted by Gasteiger charge is -2.25. The summed E-state index contributed by atoms with van der Waals surface area (Å²) in [4.78, 5) is 26.8. The lowest BCUT2D eigenvalue weighted by atomic mass is 10.2. The molecule has 0 saturated carbocycles. The molecule has 0 aliphatic carbocycles. The molecule has 2 aliphatic rings. The van der Waals surface area contributed by atoms with Crippen LogP contribution in [0.2, 0.25) is 0 Å². The predicted octanol–water partition coefficient (Wildman–Crippen LogP) is -0.643. The van der Waals surface area contributed by atoms with Crippen LogP contribution in [-0.2, 0) is 9.59 Å². The average Bonchev–Trinajstić information content (AvgIpc) is 2.70. The molecule has 0 spiro atoms. The van der Waals surface area contributed by atoms with Crippen LogP contribution in [0.3, 0.4) is 0 Å². The number of carboxylic acid groups (broad SMARTS) is 1. The van der Waals surface area contributed by atoms with Gasteiger partial charge < -0.3 is 15.3 Å². The van der Waals surface area contributed by atoms with E-state index in [1.165, 1.54) is 4.90 Å². The van der Waals surface area contributed by atoms with Crippen LogP contribution in [0.25, 0.3) is 0 Å². The molecule has 1 atom stereocenters. The molecule has 0 radical (unpaired) electrons. The first kappa shape index (κ1) is 13.3. The van der Waals surface area contributed by atoms with E-state index in [0.29, 0.717) is 19.5 Å². The Morgan fingerprint density at radius 1 is 1.17 bits per heavy atom. The number of amides is 1. The molecule has 102 valence electrons. The Morgan fingerprint density at radius 2 is 2.00 bits per heavy atom. The predicted molar refractivity (Wildman–Crippen MR) is 66.3 cm³/mol. The number of rotatable bonds is 3. The van der Waals surface area contributed by atoms with E-state index in [9.17, 15) is 9.59 Å². The van der Waals surface area contributed by atoms with Crippen molar-refractivity contribution in [3.8, 4) is 0 Å². The summed E-state index contributed by atoms with van der Waals surface area (Å²) in [5.41, 5.74) is 0. The van der Waals surface area contributed by atoms with Crippen LogP contribution in [0.5, 0.6) is 0 Å². The highest BCUT2D eigenvalue weighted by Gasteiger charge is 2.34. The largest absolute Gasteiger partial charge is 0.480 e. The third-order valence-electron chi connectivity index (χ3n) is 3.65. The first-order valence-corrected chi connectivity index (χ1v) is 6.64. The van der Waals surface area contributed by atoms with Gasteiger partial charge in [0.2, 0.25) is 5.91 Å². The van der Waals surface area contributed by atoms with Gasteiger partial charge >= 0.3 is 5.97 Å². The molecule has 2 heterocycles. The van der Waals surface area contributed by atoms with E-state index in [1.807, 2.05) is 0 Å². The minimum absolute atomic E-state index is 0.0400. The third-order valence-corrected chi connectivity index (χ3v) is 3.65. The van der Waals surface area contributed by atoms with Gasteiger partial charge in [0.15, 0.2) is 0 Å². The minimum atomic E-state index is -0.876. The number of nitrogens with zero attached hydrogens (tertiary/aromatic N) is 2. The van der Waals surface area contributed by atoms with Gasteiger partial charge in [-0.05, 0) is 32.4 Å². The van der Waals surface area contributed by atoms with Crippen molar-refractivity contribution in [1.82, 2.24) is 15.1 Å². The van der Waals surface area contributed by atoms with Gasteiger partial charge in [0.1, 0.15) is 6.04 Å². The molecule has 0 aromatic carbocycles. The summed E-state index contributed by atoms with van der Waals surface area (Å²) in [5, 5.41) is 12.4. The van der Waals surface area contributed by atoms with E-state index in [2.05, 4.69) is 10.2 Å². The summed E-state index contributed by atoms with van der Waals surface area (Å²) in [6.45, 7) is 4.59. The summed E-state index contributed by atoms with van der Waals surface area (Å²) in [6.07, 6.45) is 2.42. The number of carbonyl (C=O) groups is 2. The lowest BCUT2D eigenvalue weighted by Crippen LogP contribution is -2.46. The van der Waals surface area contributed by atoms with Crippen molar-refractivity contribution in [2.24, 2.45) is 0 Å². The molecule has 18 heavy (non-hydrogen) atoms. The molecule has 0 aromatic heterocycles. The summed E-state index contributed by atoms with van der Waals surface area (Å²) in [5.74, 6) is -0.916. The van der Waals surface area contributed by atoms with E-state index in [4.69, 9.17) is 5.11 Å². The van der Waals surface area contributed by atoms with E-state index in [1.54, 1.807) is 0 Å². The number of likely N-dealkylation sites (tertiary alicyclic amines) is 1. The van der Waals surface area contributed by atoms with Crippen molar-refractivity contribution in [3.63, 3.8) is 0 Å². The van der Waals surface area contributed by atoms with Gasteiger partial charge in [0, 0.05) is 19.6 Å². The maximum atomic E-state index is 12.1. The highest BCUT2D eigenvalue weighted by atomic mass is 16.4. The lowest BCUT2D eigenvalue weighted by molar-refractivity contribution is -0.148. The molecule has 6 nitrogen and oxygen atoms in total. The highest BCUT2D eigenvalue weighted by Crippen LogP contribution is 2.17. The molecule has 2 fully saturated rings. The van der Waals surface area contributed by atoms with Crippen molar-refractivity contribution < 1.29 is 14.7 Å². The standard InChI is InChI=1S/C12H21N3O3/c16-11(9-14-6-2-4-13-5-8-14)15-7-1-3-10(15)12(17)18/h10,13H,1-9H2,(H,17,18)/t10-/m0/s1. The van der Waals surface area contributed by atoms with E-state index < -0.39 is 12.0 Å². The van der Waals surface area contributed by atoms with Crippen LogP contribution in [0.15, 0.2) is 0 Å². The first-order chi connectivity index (χ1) is 8.68. The van der Waals surface area contributed by atoms with Gasteiger partial charge in [0.25, 0.3) is 0 Å². The minimum Gasteiger partial charge on any atom is -0.480 e. The second kappa shape index (κ2) is 6.15. The van der Waals surface area contributed by atoms with Crippen LogP contribution in [-0.4, -0.2) is 72.1 Å². The fourth-order valence-corrected chi connectivity index (χ4v) is 2.66. The molecule has 0 bridgehead atoms. The molecule has 2 aliphatic heterocycles. The van der Waals surface area contributed by atoms with Crippen molar-refractivity contribution >= 4 is 11.9 Å². The Labute approximate surface area is 107 Å². The van der Waals surface area contributed by atoms with Gasteiger partial charge in [-0.1, -0.05) is 0 Å². The van der Waals surface area contributed by atoms with Crippen LogP contribution < -0.4 is 5.32 Å². The molecule has 0 aromatic rings. The zero-order valence-electron chi connectivity index (χ0n) is 10.6. The Balaban J connectivity index is 1.88. The second-order valence-electron chi connectivity index (χ2n) is 4.96. The van der Waals surface area contributed by atoms with E-state index in [0.717, 1.165) is 39.0 Å². The Bertz CT molecular complexity index is 314. The molecule has 1 amide bonds. The number of hydrogen-bond acceptors (Lipinski definition) is 4. The number of nitrogens with one attached hydrogen (secondary N) is 1. The Kier molecular flexibility index (Phi) is 4.54. The van der Waals surface area contributed by atoms with Gasteiger partial charge in [0.05, 0.1) is 6.54 Å². The summed E-state index contributed by atoms with van der Waals surface area (Å²) in [6, 6.07) is -0.609. The van der Waals surface area contributed by atoms with Crippen molar-refractivity contribution in [2.75, 3.05) is 39.3 Å². The van der Waals surface area contributed by atoms with Crippen molar-refractivity contribution in [3.05, 3.63) is 0 Å². The topological polar surface area (TPSA) is 72.9 Å². The van der Waals surface area contributed by atoms with E-state index in [-0.39, 0.29) is 5.91 Å². The highest BCUT2D eigenvalue weighted by molar-refractivity contribution is 5.85. The van der Waals surface area contributed by atoms with Gasteiger partial charge in [-0.15, -0.1) is 0 Å². The number of hydrogen-bond donors (Lipinski definition) is 2. The van der Waals surface area contributed by atoms with Crippen LogP contribution in [0, 0.1) is 0 Å². The van der Waals surface area contributed by atoms with Gasteiger partial charge in [-0.2, -0.15) is 0 Å². The summed E-state index contributed by atoms with van der Waals surface area (Å²) < 4.78 is 0. The third kappa shape index (κ3) is 3.20. The molecule has 2 rings (SSSR count). The quantitative estimate of drug-likeness (QED) is 0.701. The van der Waals surface area contributed by atoms with Crippen LogP contribution in [0.1, 0.15) is 19.3 Å². The smallest absolute Gasteiger partial charge is 0.326 e. The van der Waals surface area contributed by atoms with Crippen LogP contribution in [0.4, 0.5) is 0 Å². The van der Waals surface area contributed by atoms with Crippen molar-refractivity contribution in [2.45, 2.75) is 25.3 Å². The monoisotopic (exact) mass is 255 g/mol. The zero-order valence-corrected chi connectivity index (χ0v) is 10.6. The van der Waals surface area contributed by atoms with Gasteiger partial charge in [-0.25, -0.2) is 4.79 Å². The average molecular weight is 255 g/mol. The molecule has 6 heteroatoms. The fraction of sp³-hybridized carbons (Fsp3) is 0.833. The summed E-state index contributed by atoms with van der Waals surface area (Å²) >= 11 is 0. The van der Waals surface area contributed by atoms with Gasteiger partial charge in [-0.3, -0.25) is 9.69 Å². The Morgan fingerprint density at radius 3 is 2.78 bits per heavy atom. The molecular formula is C12H21N3O3. The number of aliphatic carboxylic acids is 1. The zero-order chi connectivity index (χ0) is 13.0. The number of carbonyl (C=O) groups excluding carboxylic acids is 1. The first-order valence-electron chi connectivity index (χ1n) is 6.64. The number of carboxylic acids is 1. The molecule has 0 unspecified atom stereocenters. The van der Waals surface area contributed by atoms with Crippen molar-refractivity contribution in [1.29, 1.82) is 0 Å². The second-order valence-corrected chi connectivity index (χ2v) is 4.96. The maximum absolute atomic E-state index is 12.1. The molecular weight excluding hydrogens is 234 g/mol. The SMILES string of the molecule is O=C(O)[C@@H]1CCCN1C(=O)CN1CCCNCC1. The normalized spacial score (nSPS) is 26.0.